The molecule has 0 aromatic heterocycles. The van der Waals surface area contributed by atoms with Gasteiger partial charge in [0.25, 0.3) is 5.78 Å². The maximum Gasteiger partial charge on any atom is 0.375 e. The molecule has 0 aliphatic rings. The molecule has 5 nitrogen and oxygen atoms in total. The van der Waals surface area contributed by atoms with Crippen molar-refractivity contribution in [3.8, 4) is 0 Å². The summed E-state index contributed by atoms with van der Waals surface area (Å²) < 4.78 is 0. The third kappa shape index (κ3) is 2.20. The van der Waals surface area contributed by atoms with Crippen LogP contribution in [-0.4, -0.2) is 39.8 Å². The van der Waals surface area contributed by atoms with Gasteiger partial charge in [0.2, 0.25) is 0 Å². The van der Waals surface area contributed by atoms with Crippen molar-refractivity contribution in [1.82, 2.24) is 0 Å². The third-order valence-electron chi connectivity index (χ3n) is 0.686. The lowest BCUT2D eigenvalue weighted by molar-refractivity contribution is -0.154. The van der Waals surface area contributed by atoms with Gasteiger partial charge in [0.05, 0.1) is 6.61 Å². The number of carboxylic acids is 1. The van der Waals surface area contributed by atoms with Crippen LogP contribution in [0.2, 0.25) is 0 Å². The van der Waals surface area contributed by atoms with Crippen LogP contribution in [0.3, 0.4) is 0 Å². The lowest BCUT2D eigenvalue weighted by Crippen LogP contribution is -2.30. The summed E-state index contributed by atoms with van der Waals surface area (Å²) in [6, 6.07) is 0. The van der Waals surface area contributed by atoms with Gasteiger partial charge >= 0.3 is 5.97 Å². The minimum absolute atomic E-state index is 0.856. The number of hydrogen-bond acceptors (Lipinski definition) is 4. The fourth-order valence-electron chi connectivity index (χ4n) is 0.225. The molecule has 0 bridgehead atoms. The fraction of sp³-hybridized carbons (Fsp3) is 0.500. The summed E-state index contributed by atoms with van der Waals surface area (Å²) in [5.41, 5.74) is 0. The molecule has 1 atom stereocenters. The predicted octanol–water partition coefficient (Wildman–Crippen LogP) is -2.01. The monoisotopic (exact) mass is 134 g/mol. The summed E-state index contributed by atoms with van der Waals surface area (Å²) in [5, 5.41) is 24.2. The number of carbonyl (C=O) groups is 2. The topological polar surface area (TPSA) is 94.8 Å². The summed E-state index contributed by atoms with van der Waals surface area (Å²) in [7, 11) is 0. The molecule has 0 saturated carbocycles. The van der Waals surface area contributed by atoms with E-state index >= 15 is 0 Å². The molecule has 0 spiro atoms. The summed E-state index contributed by atoms with van der Waals surface area (Å²) in [6.07, 6.45) is -1.79. The molecule has 0 saturated heterocycles. The van der Waals surface area contributed by atoms with E-state index in [0.717, 1.165) is 0 Å². The van der Waals surface area contributed by atoms with Crippen molar-refractivity contribution in [3.05, 3.63) is 0 Å². The van der Waals surface area contributed by atoms with E-state index in [1.54, 1.807) is 0 Å². The summed E-state index contributed by atoms with van der Waals surface area (Å²) in [6.45, 7) is -0.856. The molecule has 0 aromatic rings. The zero-order valence-corrected chi connectivity index (χ0v) is 4.44. The number of aliphatic hydroxyl groups is 2. The zero-order chi connectivity index (χ0) is 7.44. The van der Waals surface area contributed by atoms with Gasteiger partial charge in [0.15, 0.2) is 0 Å². The van der Waals surface area contributed by atoms with Crippen molar-refractivity contribution < 1.29 is 24.9 Å². The molecule has 0 radical (unpaired) electrons. The van der Waals surface area contributed by atoms with Gasteiger partial charge in [-0.2, -0.15) is 0 Å². The highest BCUT2D eigenvalue weighted by Gasteiger charge is 2.20. The Morgan fingerprint density at radius 3 is 2.00 bits per heavy atom. The van der Waals surface area contributed by atoms with Gasteiger partial charge in [0.1, 0.15) is 6.10 Å². The van der Waals surface area contributed by atoms with Crippen molar-refractivity contribution in [2.24, 2.45) is 0 Å². The predicted molar refractivity (Wildman–Crippen MR) is 25.7 cm³/mol. The number of hydrogen-bond donors (Lipinski definition) is 3. The van der Waals surface area contributed by atoms with Gasteiger partial charge < -0.3 is 15.3 Å². The van der Waals surface area contributed by atoms with E-state index in [4.69, 9.17) is 15.3 Å². The van der Waals surface area contributed by atoms with E-state index in [2.05, 4.69) is 0 Å². The minimum Gasteiger partial charge on any atom is -0.475 e. The van der Waals surface area contributed by atoms with Crippen LogP contribution >= 0.6 is 0 Å². The second-order valence-electron chi connectivity index (χ2n) is 1.37. The quantitative estimate of drug-likeness (QED) is 0.388. The fourth-order valence-corrected chi connectivity index (χ4v) is 0.225. The van der Waals surface area contributed by atoms with Crippen molar-refractivity contribution in [1.29, 1.82) is 0 Å². The first-order valence-electron chi connectivity index (χ1n) is 2.15. The maximum absolute atomic E-state index is 10.1. The second kappa shape index (κ2) is 3.16. The van der Waals surface area contributed by atoms with Crippen molar-refractivity contribution in [3.63, 3.8) is 0 Å². The Morgan fingerprint density at radius 1 is 1.44 bits per heavy atom. The van der Waals surface area contributed by atoms with Crippen LogP contribution in [0.5, 0.6) is 0 Å². The number of ketones is 1. The normalized spacial score (nSPS) is 12.7. The molecule has 0 unspecified atom stereocenters. The van der Waals surface area contributed by atoms with Gasteiger partial charge in [-0.05, 0) is 0 Å². The van der Waals surface area contributed by atoms with Gasteiger partial charge in [-0.1, -0.05) is 0 Å². The van der Waals surface area contributed by atoms with Crippen LogP contribution in [0.15, 0.2) is 0 Å². The average molecular weight is 134 g/mol. The molecule has 0 heterocycles. The average Bonchev–Trinajstić information content (AvgIpc) is 1.84. The van der Waals surface area contributed by atoms with Crippen LogP contribution in [-0.2, 0) is 9.59 Å². The Bertz CT molecular complexity index is 129. The molecular formula is C4H6O5. The first-order valence-corrected chi connectivity index (χ1v) is 2.15. The summed E-state index contributed by atoms with van der Waals surface area (Å²) >= 11 is 0. The smallest absolute Gasteiger partial charge is 0.375 e. The number of aliphatic hydroxyl groups excluding tert-OH is 2. The Kier molecular flexibility index (Phi) is 2.83. The number of aliphatic carboxylic acids is 1. The van der Waals surface area contributed by atoms with Crippen molar-refractivity contribution in [2.45, 2.75) is 6.10 Å². The summed E-state index contributed by atoms with van der Waals surface area (Å²) in [5.74, 6) is -3.13. The molecule has 0 aromatic carbocycles. The van der Waals surface area contributed by atoms with Crippen molar-refractivity contribution in [2.75, 3.05) is 6.61 Å². The third-order valence-corrected chi connectivity index (χ3v) is 0.686. The number of carbonyl (C=O) groups excluding carboxylic acids is 1. The molecule has 3 N–H and O–H groups in total. The molecular weight excluding hydrogens is 128 g/mol. The van der Waals surface area contributed by atoms with E-state index in [0.29, 0.717) is 0 Å². The Balaban J connectivity index is 3.88. The number of rotatable bonds is 3. The Hall–Kier alpha value is -0.940. The maximum atomic E-state index is 10.1. The van der Waals surface area contributed by atoms with Crippen LogP contribution < -0.4 is 0 Å². The molecule has 9 heavy (non-hydrogen) atoms. The number of Topliss-reactive ketones (excluding diaryl/α,β-unsaturated/α-hetero) is 1. The first kappa shape index (κ1) is 8.06. The van der Waals surface area contributed by atoms with Crippen molar-refractivity contribution >= 4 is 11.8 Å². The molecule has 0 aliphatic heterocycles. The Morgan fingerprint density at radius 2 is 1.89 bits per heavy atom. The minimum atomic E-state index is -1.79. The Labute approximate surface area is 50.5 Å². The summed E-state index contributed by atoms with van der Waals surface area (Å²) in [4.78, 5) is 19.7. The molecule has 52 valence electrons. The van der Waals surface area contributed by atoms with Gasteiger partial charge in [-0.15, -0.1) is 0 Å². The molecule has 5 heteroatoms. The van der Waals surface area contributed by atoms with Crippen LogP contribution in [0.1, 0.15) is 0 Å². The highest BCUT2D eigenvalue weighted by atomic mass is 16.4. The van der Waals surface area contributed by atoms with Gasteiger partial charge in [-0.25, -0.2) is 4.79 Å². The van der Waals surface area contributed by atoms with E-state index in [9.17, 15) is 9.59 Å². The molecule has 0 aliphatic carbocycles. The van der Waals surface area contributed by atoms with E-state index in [-0.39, 0.29) is 0 Å². The first-order chi connectivity index (χ1) is 4.09. The van der Waals surface area contributed by atoms with Gasteiger partial charge in [0, 0.05) is 0 Å². The van der Waals surface area contributed by atoms with Gasteiger partial charge in [-0.3, -0.25) is 4.79 Å². The van der Waals surface area contributed by atoms with E-state index in [1.165, 1.54) is 0 Å². The zero-order valence-electron chi connectivity index (χ0n) is 4.44. The van der Waals surface area contributed by atoms with E-state index in [1.807, 2.05) is 0 Å². The lowest BCUT2D eigenvalue weighted by Gasteiger charge is -1.98. The molecule has 0 fully saturated rings. The standard InChI is InChI=1S/C4H6O5/c5-1-2(6)3(7)4(8)9/h2,5-6H,1H2,(H,8,9)/t2-/m0/s1. The molecule has 0 rings (SSSR count). The second-order valence-corrected chi connectivity index (χ2v) is 1.37. The van der Waals surface area contributed by atoms with Crippen LogP contribution in [0.25, 0.3) is 0 Å². The highest BCUT2D eigenvalue weighted by Crippen LogP contribution is 1.82. The number of carboxylic acid groups (broad SMARTS) is 1. The lowest BCUT2D eigenvalue weighted by atomic mass is 10.2. The molecule has 0 amide bonds. The highest BCUT2D eigenvalue weighted by molar-refractivity contribution is 6.34. The van der Waals surface area contributed by atoms with Crippen LogP contribution in [0, 0.1) is 0 Å². The van der Waals surface area contributed by atoms with Crippen LogP contribution in [0.4, 0.5) is 0 Å². The largest absolute Gasteiger partial charge is 0.475 e. The SMILES string of the molecule is O=C(O)C(=O)[C@@H](O)CO. The van der Waals surface area contributed by atoms with E-state index < -0.39 is 24.5 Å².